The summed E-state index contributed by atoms with van der Waals surface area (Å²) in [5.74, 6) is -0.785. The van der Waals surface area contributed by atoms with Gasteiger partial charge in [-0.2, -0.15) is 8.42 Å². The molecular formula is C15H15N3O5S. The van der Waals surface area contributed by atoms with Gasteiger partial charge in [-0.15, -0.1) is 5.11 Å². The molecule has 0 amide bonds. The van der Waals surface area contributed by atoms with Crippen LogP contribution in [-0.4, -0.2) is 37.9 Å². The molecule has 0 saturated carbocycles. The smallest absolute Gasteiger partial charge is 0.361 e. The minimum atomic E-state index is -4.80. The van der Waals surface area contributed by atoms with Gasteiger partial charge in [0.05, 0.1) is 11.3 Å². The summed E-state index contributed by atoms with van der Waals surface area (Å²) in [6, 6.07) is 12.3. The molecule has 126 valence electrons. The lowest BCUT2D eigenvalue weighted by Gasteiger charge is -2.09. The van der Waals surface area contributed by atoms with E-state index in [1.165, 1.54) is 23.2 Å². The van der Waals surface area contributed by atoms with E-state index in [2.05, 4.69) is 14.5 Å². The van der Waals surface area contributed by atoms with Crippen LogP contribution in [0.4, 0.5) is 5.69 Å². The van der Waals surface area contributed by atoms with E-state index in [1.807, 2.05) is 0 Å². The zero-order chi connectivity index (χ0) is 17.7. The first-order chi connectivity index (χ1) is 11.3. The zero-order valence-corrected chi connectivity index (χ0v) is 13.8. The monoisotopic (exact) mass is 349 g/mol. The maximum absolute atomic E-state index is 12.5. The number of hydrogen-bond acceptors (Lipinski definition) is 6. The standard InChI is InChI=1S/C15H15N3O5S/c1-18(2)17-16-12-8-9-13(14(10-12)23-24(20,21)22)15(19)11-6-4-3-5-7-11/h3-10H,1-2H3,(H,20,21,22). The van der Waals surface area contributed by atoms with Crippen molar-refractivity contribution < 1.29 is 21.9 Å². The van der Waals surface area contributed by atoms with Gasteiger partial charge in [0, 0.05) is 25.7 Å². The van der Waals surface area contributed by atoms with Gasteiger partial charge in [-0.1, -0.05) is 35.6 Å². The number of benzene rings is 2. The first-order valence-electron chi connectivity index (χ1n) is 6.76. The molecule has 2 aromatic carbocycles. The van der Waals surface area contributed by atoms with Crippen LogP contribution >= 0.6 is 0 Å². The molecule has 0 heterocycles. The van der Waals surface area contributed by atoms with E-state index >= 15 is 0 Å². The Labute approximate surface area is 139 Å². The molecule has 0 atom stereocenters. The van der Waals surface area contributed by atoms with Crippen LogP contribution in [0.1, 0.15) is 15.9 Å². The topological polar surface area (TPSA) is 109 Å². The van der Waals surface area contributed by atoms with Crippen LogP contribution in [0, 0.1) is 0 Å². The van der Waals surface area contributed by atoms with E-state index < -0.39 is 16.2 Å². The molecule has 0 radical (unpaired) electrons. The summed E-state index contributed by atoms with van der Waals surface area (Å²) in [7, 11) is -1.48. The highest BCUT2D eigenvalue weighted by molar-refractivity contribution is 7.81. The van der Waals surface area contributed by atoms with Crippen molar-refractivity contribution in [2.45, 2.75) is 0 Å². The average Bonchev–Trinajstić information content (AvgIpc) is 2.52. The number of carbonyl (C=O) groups is 1. The summed E-state index contributed by atoms with van der Waals surface area (Å²) in [4.78, 5) is 12.5. The van der Waals surface area contributed by atoms with Crippen molar-refractivity contribution in [2.75, 3.05) is 14.1 Å². The van der Waals surface area contributed by atoms with Crippen LogP contribution in [0.2, 0.25) is 0 Å². The van der Waals surface area contributed by atoms with E-state index in [-0.39, 0.29) is 17.0 Å². The van der Waals surface area contributed by atoms with Crippen molar-refractivity contribution in [3.8, 4) is 5.75 Å². The molecule has 0 fully saturated rings. The molecule has 0 spiro atoms. The van der Waals surface area contributed by atoms with Crippen LogP contribution in [0.3, 0.4) is 0 Å². The highest BCUT2D eigenvalue weighted by atomic mass is 32.3. The Morgan fingerprint density at radius 3 is 2.38 bits per heavy atom. The van der Waals surface area contributed by atoms with Crippen LogP contribution in [0.15, 0.2) is 58.9 Å². The van der Waals surface area contributed by atoms with Crippen molar-refractivity contribution >= 4 is 21.9 Å². The molecule has 24 heavy (non-hydrogen) atoms. The van der Waals surface area contributed by atoms with Crippen molar-refractivity contribution in [2.24, 2.45) is 10.3 Å². The third kappa shape index (κ3) is 4.86. The minimum Gasteiger partial charge on any atom is -0.361 e. The average molecular weight is 349 g/mol. The zero-order valence-electron chi connectivity index (χ0n) is 12.9. The lowest BCUT2D eigenvalue weighted by atomic mass is 10.0. The van der Waals surface area contributed by atoms with E-state index in [9.17, 15) is 13.2 Å². The van der Waals surface area contributed by atoms with Gasteiger partial charge in [0.15, 0.2) is 11.5 Å². The van der Waals surface area contributed by atoms with Gasteiger partial charge < -0.3 is 4.18 Å². The first kappa shape index (κ1) is 17.6. The molecule has 2 rings (SSSR count). The quantitative estimate of drug-likeness (QED) is 0.372. The lowest BCUT2D eigenvalue weighted by Crippen LogP contribution is -2.11. The van der Waals surface area contributed by atoms with E-state index in [0.717, 1.165) is 0 Å². The predicted molar refractivity (Wildman–Crippen MR) is 86.7 cm³/mol. The second-order valence-corrected chi connectivity index (χ2v) is 5.95. The normalized spacial score (nSPS) is 11.5. The third-order valence-corrected chi connectivity index (χ3v) is 3.17. The number of ketones is 1. The van der Waals surface area contributed by atoms with E-state index in [4.69, 9.17) is 4.55 Å². The van der Waals surface area contributed by atoms with Gasteiger partial charge in [-0.25, -0.2) is 0 Å². The van der Waals surface area contributed by atoms with Crippen molar-refractivity contribution in [3.05, 3.63) is 59.7 Å². The summed E-state index contributed by atoms with van der Waals surface area (Å²) in [5.41, 5.74) is 0.579. The molecule has 0 aliphatic rings. The fourth-order valence-corrected chi connectivity index (χ4v) is 2.19. The Kier molecular flexibility index (Phi) is 5.27. The molecule has 9 heteroatoms. The SMILES string of the molecule is CN(C)N=Nc1ccc(C(=O)c2ccccc2)c(OS(=O)(=O)O)c1. The molecule has 0 aliphatic heterocycles. The summed E-state index contributed by atoms with van der Waals surface area (Å²) < 4.78 is 35.5. The maximum Gasteiger partial charge on any atom is 0.446 e. The Morgan fingerprint density at radius 1 is 1.12 bits per heavy atom. The van der Waals surface area contributed by atoms with Crippen LogP contribution < -0.4 is 4.18 Å². The van der Waals surface area contributed by atoms with Gasteiger partial charge >= 0.3 is 10.4 Å². The number of nitrogens with zero attached hydrogens (tertiary/aromatic N) is 3. The lowest BCUT2D eigenvalue weighted by molar-refractivity contribution is 0.103. The molecule has 0 aliphatic carbocycles. The van der Waals surface area contributed by atoms with E-state index in [1.54, 1.807) is 44.4 Å². The third-order valence-electron chi connectivity index (χ3n) is 2.78. The molecule has 8 nitrogen and oxygen atoms in total. The predicted octanol–water partition coefficient (Wildman–Crippen LogP) is 2.66. The number of rotatable bonds is 6. The largest absolute Gasteiger partial charge is 0.446 e. The van der Waals surface area contributed by atoms with E-state index in [0.29, 0.717) is 5.56 Å². The molecule has 0 saturated heterocycles. The summed E-state index contributed by atoms with van der Waals surface area (Å²) in [5, 5.41) is 9.06. The van der Waals surface area contributed by atoms with Crippen molar-refractivity contribution in [1.82, 2.24) is 5.01 Å². The van der Waals surface area contributed by atoms with Gasteiger partial charge in [0.2, 0.25) is 0 Å². The number of hydrogen-bond donors (Lipinski definition) is 1. The molecule has 0 bridgehead atoms. The fraction of sp³-hybridized carbons (Fsp3) is 0.133. The van der Waals surface area contributed by atoms with Gasteiger partial charge in [-0.3, -0.25) is 14.4 Å². The Bertz CT molecular complexity index is 864. The molecular weight excluding hydrogens is 334 g/mol. The molecule has 2 aromatic rings. The number of carbonyl (C=O) groups excluding carboxylic acids is 1. The molecule has 0 aromatic heterocycles. The Morgan fingerprint density at radius 2 is 1.79 bits per heavy atom. The summed E-state index contributed by atoms with van der Waals surface area (Å²) in [6.07, 6.45) is 0. The second kappa shape index (κ2) is 7.20. The summed E-state index contributed by atoms with van der Waals surface area (Å²) >= 11 is 0. The molecule has 0 unspecified atom stereocenters. The van der Waals surface area contributed by atoms with Gasteiger partial charge in [0.25, 0.3) is 0 Å². The summed E-state index contributed by atoms with van der Waals surface area (Å²) in [6.45, 7) is 0. The van der Waals surface area contributed by atoms with Crippen LogP contribution in [0.25, 0.3) is 0 Å². The Hall–Kier alpha value is -2.78. The van der Waals surface area contributed by atoms with Crippen molar-refractivity contribution in [3.63, 3.8) is 0 Å². The highest BCUT2D eigenvalue weighted by Crippen LogP contribution is 2.28. The van der Waals surface area contributed by atoms with Crippen LogP contribution in [0.5, 0.6) is 5.75 Å². The molecule has 1 N–H and O–H groups in total. The second-order valence-electron chi connectivity index (χ2n) is 4.92. The maximum atomic E-state index is 12.5. The van der Waals surface area contributed by atoms with Gasteiger partial charge in [-0.05, 0) is 12.1 Å². The Balaban J connectivity index is 2.48. The highest BCUT2D eigenvalue weighted by Gasteiger charge is 2.19. The minimum absolute atomic E-state index is 0.0253. The van der Waals surface area contributed by atoms with Crippen LogP contribution in [-0.2, 0) is 10.4 Å². The first-order valence-corrected chi connectivity index (χ1v) is 8.12. The fourth-order valence-electron chi connectivity index (χ4n) is 1.83. The van der Waals surface area contributed by atoms with Crippen molar-refractivity contribution in [1.29, 1.82) is 0 Å². The van der Waals surface area contributed by atoms with Gasteiger partial charge in [0.1, 0.15) is 0 Å².